The summed E-state index contributed by atoms with van der Waals surface area (Å²) in [5, 5.41) is 30.1. The lowest BCUT2D eigenvalue weighted by Crippen LogP contribution is -2.29. The summed E-state index contributed by atoms with van der Waals surface area (Å²) >= 11 is 14.1. The normalized spacial score (nSPS) is 10.4. The van der Waals surface area contributed by atoms with Gasteiger partial charge in [-0.2, -0.15) is 0 Å². The molecular formula is C25H27Cl2N5O2S2. The molecule has 7 nitrogen and oxygen atoms in total. The molecule has 2 aromatic rings. The number of nitrogens with one attached hydrogen (secondary N) is 5. The molecule has 2 aromatic carbocycles. The van der Waals surface area contributed by atoms with Crippen LogP contribution in [0.5, 0.6) is 0 Å². The van der Waals surface area contributed by atoms with Crippen molar-refractivity contribution in [3.8, 4) is 0 Å². The summed E-state index contributed by atoms with van der Waals surface area (Å²) in [6, 6.07) is 14.1. The number of carbonyl (C=O) groups is 2. The van der Waals surface area contributed by atoms with Gasteiger partial charge in [-0.25, -0.2) is 0 Å². The third kappa shape index (κ3) is 11.4. The van der Waals surface area contributed by atoms with E-state index in [1.54, 1.807) is 48.5 Å². The van der Waals surface area contributed by atoms with Crippen LogP contribution in [0.1, 0.15) is 36.8 Å². The molecule has 0 fully saturated rings. The van der Waals surface area contributed by atoms with Gasteiger partial charge >= 0.3 is 0 Å². The first kappa shape index (κ1) is 29.6. The first-order valence-electron chi connectivity index (χ1n) is 11.0. The van der Waals surface area contributed by atoms with Crippen molar-refractivity contribution in [2.75, 3.05) is 0 Å². The second kappa shape index (κ2) is 15.5. The molecule has 0 aliphatic rings. The number of benzene rings is 2. The van der Waals surface area contributed by atoms with Crippen molar-refractivity contribution in [3.05, 3.63) is 81.2 Å². The molecule has 0 saturated carbocycles. The molecule has 5 N–H and O–H groups in total. The molecule has 0 saturated heterocycles. The Kier molecular flexibility index (Phi) is 12.8. The zero-order valence-corrected chi connectivity index (χ0v) is 22.6. The smallest absolute Gasteiger partial charge is 0.230 e. The van der Waals surface area contributed by atoms with Gasteiger partial charge in [-0.1, -0.05) is 77.9 Å². The van der Waals surface area contributed by atoms with E-state index in [0.29, 0.717) is 40.4 Å². The van der Waals surface area contributed by atoms with Crippen molar-refractivity contribution in [3.63, 3.8) is 0 Å². The number of hydrogen-bond donors (Lipinski definition) is 5. The fourth-order valence-electron chi connectivity index (χ4n) is 3.00. The van der Waals surface area contributed by atoms with Crippen molar-refractivity contribution in [2.24, 2.45) is 0 Å². The second-order valence-corrected chi connectivity index (χ2v) is 10.8. The van der Waals surface area contributed by atoms with Gasteiger partial charge in [0.2, 0.25) is 11.8 Å². The quantitative estimate of drug-likeness (QED) is 0.130. The summed E-state index contributed by atoms with van der Waals surface area (Å²) in [6.07, 6.45) is 2.66. The molecular weight excluding hydrogens is 537 g/mol. The predicted molar refractivity (Wildman–Crippen MR) is 153 cm³/mol. The number of unbranched alkanes of at least 4 members (excludes halogenated alkanes) is 1. The van der Waals surface area contributed by atoms with Crippen molar-refractivity contribution in [1.29, 1.82) is 16.2 Å². The lowest BCUT2D eigenvalue weighted by Gasteiger charge is -2.10. The molecule has 0 aromatic heterocycles. The number of halogens is 2. The Balaban J connectivity index is 1.59. The highest BCUT2D eigenvalue weighted by atomic mass is 35.5. The molecule has 0 radical (unpaired) electrons. The van der Waals surface area contributed by atoms with Gasteiger partial charge in [0.15, 0.2) is 10.3 Å². The monoisotopic (exact) mass is 563 g/mol. The molecule has 0 aliphatic heterocycles. The topological polar surface area (TPSA) is 130 Å². The van der Waals surface area contributed by atoms with Crippen LogP contribution in [0.25, 0.3) is 0 Å². The lowest BCUT2D eigenvalue weighted by atomic mass is 10.1. The summed E-state index contributed by atoms with van der Waals surface area (Å²) in [5.74, 6) is -0.677. The van der Waals surface area contributed by atoms with Crippen LogP contribution in [0.2, 0.25) is 10.0 Å². The van der Waals surface area contributed by atoms with Crippen molar-refractivity contribution < 1.29 is 9.59 Å². The van der Waals surface area contributed by atoms with E-state index >= 15 is 0 Å². The van der Waals surface area contributed by atoms with E-state index < -0.39 is 0 Å². The summed E-state index contributed by atoms with van der Waals surface area (Å²) in [7, 11) is 0. The average molecular weight is 565 g/mol. The maximum absolute atomic E-state index is 12.1. The fraction of sp³-hybridized carbons (Fsp3) is 0.240. The number of amidine groups is 2. The van der Waals surface area contributed by atoms with E-state index in [0.717, 1.165) is 34.8 Å². The van der Waals surface area contributed by atoms with Gasteiger partial charge in [0.05, 0.1) is 17.9 Å². The Labute approximate surface area is 229 Å². The fourth-order valence-corrected chi connectivity index (χ4v) is 4.76. The molecule has 0 spiro atoms. The van der Waals surface area contributed by atoms with Crippen molar-refractivity contribution in [1.82, 2.24) is 10.6 Å². The molecule has 0 heterocycles. The third-order valence-corrected chi connectivity index (χ3v) is 7.00. The number of thioether (sulfide) groups is 2. The van der Waals surface area contributed by atoms with E-state index in [-0.39, 0.29) is 40.0 Å². The van der Waals surface area contributed by atoms with Gasteiger partial charge in [0, 0.05) is 10.0 Å². The van der Waals surface area contributed by atoms with Crippen LogP contribution < -0.4 is 10.6 Å². The zero-order chi connectivity index (χ0) is 26.5. The van der Waals surface area contributed by atoms with E-state index in [1.807, 2.05) is 0 Å². The highest BCUT2D eigenvalue weighted by Crippen LogP contribution is 2.22. The second-order valence-electron chi connectivity index (χ2n) is 7.66. The predicted octanol–water partition coefficient (Wildman–Crippen LogP) is 6.40. The van der Waals surface area contributed by atoms with Crippen LogP contribution in [0.4, 0.5) is 0 Å². The van der Waals surface area contributed by atoms with Crippen LogP contribution in [0, 0.1) is 16.2 Å². The maximum Gasteiger partial charge on any atom is 0.230 e. The van der Waals surface area contributed by atoms with Gasteiger partial charge in [-0.3, -0.25) is 25.8 Å². The average Bonchev–Trinajstić information content (AvgIpc) is 2.79. The molecule has 36 heavy (non-hydrogen) atoms. The third-order valence-electron chi connectivity index (χ3n) is 4.70. The molecule has 2 amide bonds. The Hall–Kier alpha value is -2.59. The van der Waals surface area contributed by atoms with Gasteiger partial charge in [-0.15, -0.1) is 0 Å². The zero-order valence-electron chi connectivity index (χ0n) is 19.5. The van der Waals surface area contributed by atoms with Crippen molar-refractivity contribution in [2.45, 2.75) is 38.5 Å². The summed E-state index contributed by atoms with van der Waals surface area (Å²) in [4.78, 5) is 25.0. The first-order valence-corrected chi connectivity index (χ1v) is 13.4. The van der Waals surface area contributed by atoms with Crippen LogP contribution in [0.15, 0.2) is 60.0 Å². The van der Waals surface area contributed by atoms with Gasteiger partial charge in [0.25, 0.3) is 0 Å². The van der Waals surface area contributed by atoms with E-state index in [4.69, 9.17) is 39.4 Å². The molecule has 0 atom stereocenters. The van der Waals surface area contributed by atoms with E-state index in [9.17, 15) is 9.59 Å². The molecule has 11 heteroatoms. The Morgan fingerprint density at radius 2 is 1.19 bits per heavy atom. The maximum atomic E-state index is 12.1. The molecule has 0 unspecified atom stereocenters. The molecule has 0 bridgehead atoms. The van der Waals surface area contributed by atoms with Gasteiger partial charge < -0.3 is 10.6 Å². The summed E-state index contributed by atoms with van der Waals surface area (Å²) < 4.78 is 0. The molecule has 0 aliphatic carbocycles. The highest BCUT2D eigenvalue weighted by Gasteiger charge is 2.12. The summed E-state index contributed by atoms with van der Waals surface area (Å²) in [6.45, 7) is 3.94. The minimum atomic E-state index is -0.358. The van der Waals surface area contributed by atoms with Crippen molar-refractivity contribution >= 4 is 73.9 Å². The Morgan fingerprint density at radius 1 is 0.750 bits per heavy atom. The number of hydrogen-bond acceptors (Lipinski definition) is 7. The minimum Gasteiger partial charge on any atom is -0.305 e. The SMILES string of the molecule is C=C(CCCCC(=N)SC(=N)NC(=O)Cc1ccccc1Cl)SC(=N)NC(=O)Cc1ccccc1Cl. The van der Waals surface area contributed by atoms with Gasteiger partial charge in [-0.05, 0) is 65.6 Å². The highest BCUT2D eigenvalue weighted by molar-refractivity contribution is 8.26. The number of allylic oxidation sites excluding steroid dienone is 1. The number of amides is 2. The first-order chi connectivity index (χ1) is 17.1. The molecule has 2 rings (SSSR count). The minimum absolute atomic E-state index is 0.00123. The molecule has 190 valence electrons. The van der Waals surface area contributed by atoms with Crippen LogP contribution in [-0.4, -0.2) is 27.2 Å². The van der Waals surface area contributed by atoms with Gasteiger partial charge in [0.1, 0.15) is 0 Å². The Bertz CT molecular complexity index is 1070. The number of rotatable bonds is 10. The largest absolute Gasteiger partial charge is 0.305 e. The van der Waals surface area contributed by atoms with Crippen LogP contribution >= 0.6 is 46.7 Å². The summed E-state index contributed by atoms with van der Waals surface area (Å²) in [5.41, 5.74) is 1.37. The lowest BCUT2D eigenvalue weighted by molar-refractivity contribution is -0.119. The van der Waals surface area contributed by atoms with E-state index in [2.05, 4.69) is 17.2 Å². The van der Waals surface area contributed by atoms with E-state index in [1.165, 1.54) is 0 Å². The van der Waals surface area contributed by atoms with Crippen LogP contribution in [0.3, 0.4) is 0 Å². The Morgan fingerprint density at radius 3 is 1.69 bits per heavy atom. The van der Waals surface area contributed by atoms with Crippen LogP contribution in [-0.2, 0) is 22.4 Å². The standard InChI is InChI=1S/C25H27Cl2N5O2S2/c1-16(35-24(29)31-22(33)14-17-9-3-5-11-19(17)26)8-2-7-13-21(28)36-25(30)32-23(34)15-18-10-4-6-12-20(18)27/h3-6,9-12,28H,1-2,7-8,13-15H2,(H2,29,31,33)(H2,30,32,34). The number of carbonyl (C=O) groups excluding carboxylic acids is 2.